The second-order valence-corrected chi connectivity index (χ2v) is 5.86. The minimum atomic E-state index is -0.770. The molecule has 7 heteroatoms. The number of thioether (sulfide) groups is 1. The normalized spacial score (nSPS) is 13.5. The van der Waals surface area contributed by atoms with Crippen LogP contribution in [0.3, 0.4) is 0 Å². The third kappa shape index (κ3) is 6.15. The van der Waals surface area contributed by atoms with Gasteiger partial charge < -0.3 is 10.1 Å². The van der Waals surface area contributed by atoms with E-state index >= 15 is 0 Å². The second-order valence-electron chi connectivity index (χ2n) is 4.26. The maximum Gasteiger partial charge on any atom is 0.406 e. The molecule has 0 unspecified atom stereocenters. The van der Waals surface area contributed by atoms with Crippen LogP contribution in [0.15, 0.2) is 0 Å². The summed E-state index contributed by atoms with van der Waals surface area (Å²) in [6, 6.07) is 0. The summed E-state index contributed by atoms with van der Waals surface area (Å²) in [5.74, 6) is 0.659. The van der Waals surface area contributed by atoms with Crippen molar-refractivity contribution in [2.45, 2.75) is 31.4 Å². The first-order valence-electron chi connectivity index (χ1n) is 6.19. The van der Waals surface area contributed by atoms with E-state index in [2.05, 4.69) is 17.0 Å². The highest BCUT2D eigenvalue weighted by Gasteiger charge is 2.37. The van der Waals surface area contributed by atoms with Crippen LogP contribution in [-0.4, -0.2) is 55.4 Å². The van der Waals surface area contributed by atoms with E-state index in [1.165, 1.54) is 31.0 Å². The molecule has 0 aliphatic rings. The molecular formula is C12H24N2O4S. The average molecular weight is 292 g/mol. The number of hydroxylamine groups is 2. The zero-order chi connectivity index (χ0) is 14.9. The van der Waals surface area contributed by atoms with E-state index in [9.17, 15) is 9.59 Å². The van der Waals surface area contributed by atoms with Crippen molar-refractivity contribution >= 4 is 23.8 Å². The average Bonchev–Trinajstić information content (AvgIpc) is 2.43. The lowest BCUT2D eigenvalue weighted by Crippen LogP contribution is -2.50. The fraction of sp³-hybridized carbons (Fsp3) is 0.833. The van der Waals surface area contributed by atoms with Crippen LogP contribution in [0.25, 0.3) is 0 Å². The molecule has 1 N–H and O–H groups in total. The molecule has 0 saturated heterocycles. The van der Waals surface area contributed by atoms with Gasteiger partial charge in [0, 0.05) is 13.6 Å². The summed E-state index contributed by atoms with van der Waals surface area (Å²) in [6.45, 7) is 4.08. The van der Waals surface area contributed by atoms with Crippen molar-refractivity contribution in [3.8, 4) is 0 Å². The molecule has 0 fully saturated rings. The molecule has 0 saturated carbocycles. The number of alkyl carbamates (subject to hydrolysis) is 1. The lowest BCUT2D eigenvalue weighted by molar-refractivity contribution is -0.170. The molecule has 1 atom stereocenters. The third-order valence-corrected chi connectivity index (χ3v) is 4.14. The number of rotatable bonds is 8. The number of carbonyl (C=O) groups is 2. The van der Waals surface area contributed by atoms with Gasteiger partial charge in [-0.1, -0.05) is 13.3 Å². The molecule has 0 radical (unpaired) electrons. The Morgan fingerprint density at radius 3 is 2.47 bits per heavy atom. The summed E-state index contributed by atoms with van der Waals surface area (Å²) in [7, 11) is 4.28. The van der Waals surface area contributed by atoms with Gasteiger partial charge >= 0.3 is 6.09 Å². The monoisotopic (exact) mass is 292 g/mol. The van der Waals surface area contributed by atoms with E-state index in [0.717, 1.165) is 18.6 Å². The highest BCUT2D eigenvalue weighted by Crippen LogP contribution is 2.27. The molecular weight excluding hydrogens is 268 g/mol. The molecule has 0 aromatic heterocycles. The molecule has 2 amide bonds. The van der Waals surface area contributed by atoms with Crippen LogP contribution in [0.5, 0.6) is 0 Å². The van der Waals surface area contributed by atoms with E-state index < -0.39 is 10.8 Å². The topological polar surface area (TPSA) is 67.9 Å². The molecule has 0 aliphatic heterocycles. The SMILES string of the molecule is CCCCS[C@@](C)(CNC(=O)OC)C(=O)N(C)OC. The molecule has 19 heavy (non-hydrogen) atoms. The fourth-order valence-corrected chi connectivity index (χ4v) is 2.67. The summed E-state index contributed by atoms with van der Waals surface area (Å²) in [4.78, 5) is 28.4. The molecule has 0 spiro atoms. The largest absolute Gasteiger partial charge is 0.453 e. The van der Waals surface area contributed by atoms with Crippen molar-refractivity contribution in [2.24, 2.45) is 0 Å². The first-order valence-corrected chi connectivity index (χ1v) is 7.17. The molecule has 0 aliphatic carbocycles. The van der Waals surface area contributed by atoms with Crippen LogP contribution in [-0.2, 0) is 14.4 Å². The predicted octanol–water partition coefficient (Wildman–Crippen LogP) is 1.65. The predicted molar refractivity (Wildman–Crippen MR) is 76.0 cm³/mol. The molecule has 0 aromatic carbocycles. The number of nitrogens with one attached hydrogen (secondary N) is 1. The van der Waals surface area contributed by atoms with Crippen molar-refractivity contribution in [1.29, 1.82) is 0 Å². The zero-order valence-electron chi connectivity index (χ0n) is 12.3. The number of hydrogen-bond donors (Lipinski definition) is 1. The molecule has 0 aromatic rings. The Kier molecular flexibility index (Phi) is 8.58. The standard InChI is InChI=1S/C12H24N2O4S/c1-6-7-8-19-12(2,9-13-11(16)17-4)10(15)14(3)18-5/h6-9H2,1-5H3,(H,13,16)/t12-/m0/s1. The van der Waals surface area contributed by atoms with Crippen molar-refractivity contribution in [3.05, 3.63) is 0 Å². The third-order valence-electron chi connectivity index (χ3n) is 2.69. The Balaban J connectivity index is 4.69. The number of unbranched alkanes of at least 4 members (excludes halogenated alkanes) is 1. The highest BCUT2D eigenvalue weighted by molar-refractivity contribution is 8.01. The van der Waals surface area contributed by atoms with Gasteiger partial charge in [0.25, 0.3) is 5.91 Å². The second kappa shape index (κ2) is 9.03. The number of amides is 2. The summed E-state index contributed by atoms with van der Waals surface area (Å²) in [5, 5.41) is 3.75. The lowest BCUT2D eigenvalue weighted by Gasteiger charge is -2.30. The van der Waals surface area contributed by atoms with Crippen LogP contribution in [0, 0.1) is 0 Å². The van der Waals surface area contributed by atoms with Crippen LogP contribution >= 0.6 is 11.8 Å². The van der Waals surface area contributed by atoms with E-state index in [4.69, 9.17) is 4.84 Å². The van der Waals surface area contributed by atoms with Crippen LogP contribution in [0.2, 0.25) is 0 Å². The summed E-state index contributed by atoms with van der Waals surface area (Å²) in [6.07, 6.45) is 1.53. The van der Waals surface area contributed by atoms with Gasteiger partial charge in [-0.3, -0.25) is 9.63 Å². The van der Waals surface area contributed by atoms with Gasteiger partial charge in [0.1, 0.15) is 4.75 Å². The Labute approximate surface area is 119 Å². The molecule has 112 valence electrons. The zero-order valence-corrected chi connectivity index (χ0v) is 13.1. The maximum absolute atomic E-state index is 12.3. The van der Waals surface area contributed by atoms with Crippen molar-refractivity contribution in [2.75, 3.05) is 33.6 Å². The summed E-state index contributed by atoms with van der Waals surface area (Å²) >= 11 is 1.51. The smallest absolute Gasteiger partial charge is 0.406 e. The Morgan fingerprint density at radius 2 is 2.00 bits per heavy atom. The van der Waals surface area contributed by atoms with Crippen LogP contribution in [0.1, 0.15) is 26.7 Å². The fourth-order valence-electron chi connectivity index (χ4n) is 1.36. The van der Waals surface area contributed by atoms with Gasteiger partial charge in [0.15, 0.2) is 0 Å². The van der Waals surface area contributed by atoms with Gasteiger partial charge in [-0.25, -0.2) is 9.86 Å². The number of carbonyl (C=O) groups excluding carboxylic acids is 2. The number of ether oxygens (including phenoxy) is 1. The Bertz CT molecular complexity index is 301. The van der Waals surface area contributed by atoms with Crippen LogP contribution in [0.4, 0.5) is 4.79 Å². The summed E-state index contributed by atoms with van der Waals surface area (Å²) < 4.78 is 3.75. The first-order chi connectivity index (χ1) is 8.91. The Morgan fingerprint density at radius 1 is 1.37 bits per heavy atom. The quantitative estimate of drug-likeness (QED) is 0.544. The Hall–Kier alpha value is -0.950. The van der Waals surface area contributed by atoms with E-state index in [1.54, 1.807) is 14.0 Å². The van der Waals surface area contributed by atoms with E-state index in [1.807, 2.05) is 0 Å². The number of hydrogen-bond acceptors (Lipinski definition) is 5. The lowest BCUT2D eigenvalue weighted by atomic mass is 10.1. The maximum atomic E-state index is 12.3. The van der Waals surface area contributed by atoms with Gasteiger partial charge in [0.2, 0.25) is 0 Å². The van der Waals surface area contributed by atoms with E-state index in [0.29, 0.717) is 0 Å². The van der Waals surface area contributed by atoms with Crippen molar-refractivity contribution < 1.29 is 19.2 Å². The first kappa shape index (κ1) is 18.0. The minimum absolute atomic E-state index is 0.187. The van der Waals surface area contributed by atoms with Gasteiger partial charge in [0.05, 0.1) is 14.2 Å². The number of nitrogens with zero attached hydrogens (tertiary/aromatic N) is 1. The van der Waals surface area contributed by atoms with Crippen molar-refractivity contribution in [3.63, 3.8) is 0 Å². The molecule has 0 bridgehead atoms. The summed E-state index contributed by atoms with van der Waals surface area (Å²) in [5.41, 5.74) is 0. The molecule has 0 rings (SSSR count). The van der Waals surface area contributed by atoms with Crippen LogP contribution < -0.4 is 5.32 Å². The molecule has 6 nitrogen and oxygen atoms in total. The highest BCUT2D eigenvalue weighted by atomic mass is 32.2. The van der Waals surface area contributed by atoms with Gasteiger partial charge in [-0.15, -0.1) is 11.8 Å². The number of methoxy groups -OCH3 is 1. The minimum Gasteiger partial charge on any atom is -0.453 e. The molecule has 0 heterocycles. The van der Waals surface area contributed by atoms with Crippen molar-refractivity contribution in [1.82, 2.24) is 10.4 Å². The van der Waals surface area contributed by atoms with Gasteiger partial charge in [-0.05, 0) is 19.1 Å². The van der Waals surface area contributed by atoms with Gasteiger partial charge in [-0.2, -0.15) is 0 Å². The van der Waals surface area contributed by atoms with E-state index in [-0.39, 0.29) is 12.5 Å².